The quantitative estimate of drug-likeness (QED) is 0.325. The van der Waals surface area contributed by atoms with Crippen molar-refractivity contribution < 1.29 is 19.4 Å². The Morgan fingerprint density at radius 1 is 0.971 bits per heavy atom. The summed E-state index contributed by atoms with van der Waals surface area (Å²) in [6, 6.07) is 25.0. The lowest BCUT2D eigenvalue weighted by molar-refractivity contribution is -0.136. The van der Waals surface area contributed by atoms with Crippen molar-refractivity contribution in [3.05, 3.63) is 101 Å². The molecule has 34 heavy (non-hydrogen) atoms. The normalized spacial score (nSPS) is 11.9. The van der Waals surface area contributed by atoms with Gasteiger partial charge in [-0.2, -0.15) is 0 Å². The zero-order valence-electron chi connectivity index (χ0n) is 19.5. The van der Waals surface area contributed by atoms with E-state index in [1.54, 1.807) is 28.8 Å². The Morgan fingerprint density at radius 3 is 2.38 bits per heavy atom. The number of ether oxygens (including phenoxy) is 1. The molecule has 4 aromatic rings. The minimum atomic E-state index is -0.895. The Bertz CT molecular complexity index is 1290. The maximum atomic E-state index is 13.3. The average molecular weight is 456 g/mol. The van der Waals surface area contributed by atoms with Gasteiger partial charge in [0.1, 0.15) is 5.75 Å². The fraction of sp³-hybridized carbons (Fsp3) is 0.241. The average Bonchev–Trinajstić information content (AvgIpc) is 3.19. The number of aromatic nitrogens is 1. The van der Waals surface area contributed by atoms with Gasteiger partial charge in [-0.3, -0.25) is 14.2 Å². The maximum Gasteiger partial charge on any atom is 0.307 e. The highest BCUT2D eigenvalue weighted by Gasteiger charge is 2.17. The van der Waals surface area contributed by atoms with Crippen LogP contribution in [-0.2, 0) is 11.2 Å². The highest BCUT2D eigenvalue weighted by atomic mass is 16.5. The summed E-state index contributed by atoms with van der Waals surface area (Å²) in [6.45, 7) is 4.65. The van der Waals surface area contributed by atoms with Crippen LogP contribution in [-0.4, -0.2) is 28.2 Å². The number of carboxylic acids is 1. The van der Waals surface area contributed by atoms with Gasteiger partial charge in [-0.05, 0) is 73.2 Å². The van der Waals surface area contributed by atoms with Crippen molar-refractivity contribution in [2.24, 2.45) is 0 Å². The summed E-state index contributed by atoms with van der Waals surface area (Å²) in [5.74, 6) is 0.144. The van der Waals surface area contributed by atoms with E-state index >= 15 is 0 Å². The second-order valence-corrected chi connectivity index (χ2v) is 8.52. The summed E-state index contributed by atoms with van der Waals surface area (Å²) < 4.78 is 7.60. The molecule has 0 aliphatic heterocycles. The monoisotopic (exact) mass is 455 g/mol. The molecule has 1 atom stereocenters. The Balaban J connectivity index is 1.46. The van der Waals surface area contributed by atoms with Crippen LogP contribution >= 0.6 is 0 Å². The summed E-state index contributed by atoms with van der Waals surface area (Å²) in [6.07, 6.45) is 1.90. The van der Waals surface area contributed by atoms with E-state index in [4.69, 9.17) is 4.74 Å². The highest BCUT2D eigenvalue weighted by molar-refractivity contribution is 6.04. The summed E-state index contributed by atoms with van der Waals surface area (Å²) in [5, 5.41) is 9.99. The van der Waals surface area contributed by atoms with Crippen molar-refractivity contribution in [1.29, 1.82) is 0 Å². The Hall–Kier alpha value is -3.86. The van der Waals surface area contributed by atoms with Crippen LogP contribution in [0.4, 0.5) is 0 Å². The second-order valence-electron chi connectivity index (χ2n) is 8.52. The molecule has 3 aromatic carbocycles. The first-order chi connectivity index (χ1) is 16.5. The second kappa shape index (κ2) is 10.4. The van der Waals surface area contributed by atoms with Gasteiger partial charge in [0.05, 0.1) is 18.5 Å². The molecule has 1 heterocycles. The van der Waals surface area contributed by atoms with E-state index in [2.05, 4.69) is 31.2 Å². The van der Waals surface area contributed by atoms with Crippen molar-refractivity contribution in [2.45, 2.75) is 39.0 Å². The van der Waals surface area contributed by atoms with Gasteiger partial charge in [0.2, 0.25) is 0 Å². The van der Waals surface area contributed by atoms with Crippen molar-refractivity contribution in [2.75, 3.05) is 6.61 Å². The van der Waals surface area contributed by atoms with Gasteiger partial charge < -0.3 is 9.84 Å². The van der Waals surface area contributed by atoms with Gasteiger partial charge in [-0.15, -0.1) is 0 Å². The molecule has 174 valence electrons. The van der Waals surface area contributed by atoms with E-state index < -0.39 is 5.97 Å². The zero-order valence-corrected chi connectivity index (χ0v) is 19.5. The van der Waals surface area contributed by atoms with E-state index in [-0.39, 0.29) is 12.3 Å². The number of hydrogen-bond donors (Lipinski definition) is 1. The topological polar surface area (TPSA) is 68.5 Å². The minimum absolute atomic E-state index is 0.0792. The van der Waals surface area contributed by atoms with E-state index in [0.717, 1.165) is 29.7 Å². The van der Waals surface area contributed by atoms with Crippen LogP contribution in [0.5, 0.6) is 5.75 Å². The standard InChI is InChI=1S/C29H29NO4/c1-3-21(22-8-5-4-6-9-22)16-17-34-25-14-12-23(13-15-25)29(33)30-20(2)18-26-24(19-28(31)32)10-7-11-27(26)30/h4-15,18,21H,3,16-17,19H2,1-2H3,(H,31,32). The molecule has 0 aliphatic carbocycles. The van der Waals surface area contributed by atoms with Crippen LogP contribution in [0.3, 0.4) is 0 Å². The third-order valence-corrected chi connectivity index (χ3v) is 6.27. The number of aliphatic carboxylic acids is 1. The van der Waals surface area contributed by atoms with Crippen LogP contribution < -0.4 is 4.74 Å². The number of fused-ring (bicyclic) bond motifs is 1. The molecular weight excluding hydrogens is 426 g/mol. The fourth-order valence-corrected chi connectivity index (χ4v) is 4.48. The number of carbonyl (C=O) groups is 2. The lowest BCUT2D eigenvalue weighted by Gasteiger charge is -2.16. The number of hydrogen-bond acceptors (Lipinski definition) is 3. The number of carbonyl (C=O) groups excluding carboxylic acids is 1. The van der Waals surface area contributed by atoms with Crippen LogP contribution in [0.2, 0.25) is 0 Å². The first-order valence-electron chi connectivity index (χ1n) is 11.6. The molecule has 0 amide bonds. The van der Waals surface area contributed by atoms with Crippen LogP contribution in [0.25, 0.3) is 10.9 Å². The van der Waals surface area contributed by atoms with Gasteiger partial charge in [-0.1, -0.05) is 49.4 Å². The maximum absolute atomic E-state index is 13.3. The van der Waals surface area contributed by atoms with Gasteiger partial charge in [0.25, 0.3) is 5.91 Å². The van der Waals surface area contributed by atoms with Crippen molar-refractivity contribution in [3.8, 4) is 5.75 Å². The highest BCUT2D eigenvalue weighted by Crippen LogP contribution is 2.26. The number of aryl methyl sites for hydroxylation is 1. The van der Waals surface area contributed by atoms with E-state index in [1.807, 2.05) is 37.3 Å². The number of carboxylic acid groups (broad SMARTS) is 1. The molecule has 1 N–H and O–H groups in total. The van der Waals surface area contributed by atoms with E-state index in [9.17, 15) is 14.7 Å². The summed E-state index contributed by atoms with van der Waals surface area (Å²) in [7, 11) is 0. The molecule has 0 radical (unpaired) electrons. The molecule has 0 fully saturated rings. The molecule has 4 rings (SSSR count). The van der Waals surface area contributed by atoms with Crippen LogP contribution in [0, 0.1) is 6.92 Å². The number of benzene rings is 3. The van der Waals surface area contributed by atoms with Crippen molar-refractivity contribution >= 4 is 22.8 Å². The molecule has 0 spiro atoms. The molecular formula is C29H29NO4. The van der Waals surface area contributed by atoms with Crippen molar-refractivity contribution in [1.82, 2.24) is 4.57 Å². The smallest absolute Gasteiger partial charge is 0.307 e. The molecule has 5 heteroatoms. The van der Waals surface area contributed by atoms with E-state index in [0.29, 0.717) is 29.2 Å². The van der Waals surface area contributed by atoms with Gasteiger partial charge in [0, 0.05) is 16.6 Å². The lowest BCUT2D eigenvalue weighted by Crippen LogP contribution is -2.13. The SMILES string of the molecule is CCC(CCOc1ccc(C(=O)n2c(C)cc3c(CC(=O)O)cccc32)cc1)c1ccccc1. The summed E-state index contributed by atoms with van der Waals surface area (Å²) in [4.78, 5) is 24.5. The minimum Gasteiger partial charge on any atom is -0.494 e. The fourth-order valence-electron chi connectivity index (χ4n) is 4.48. The first-order valence-corrected chi connectivity index (χ1v) is 11.6. The van der Waals surface area contributed by atoms with Gasteiger partial charge in [0.15, 0.2) is 0 Å². The molecule has 0 saturated carbocycles. The van der Waals surface area contributed by atoms with Gasteiger partial charge >= 0.3 is 5.97 Å². The first kappa shape index (κ1) is 23.3. The molecule has 5 nitrogen and oxygen atoms in total. The van der Waals surface area contributed by atoms with E-state index in [1.165, 1.54) is 5.56 Å². The molecule has 0 bridgehead atoms. The predicted octanol–water partition coefficient (Wildman–Crippen LogP) is 6.23. The zero-order chi connectivity index (χ0) is 24.1. The summed E-state index contributed by atoms with van der Waals surface area (Å²) in [5.41, 5.74) is 4.06. The number of rotatable bonds is 9. The Labute approximate surface area is 199 Å². The largest absolute Gasteiger partial charge is 0.494 e. The third-order valence-electron chi connectivity index (χ3n) is 6.27. The molecule has 0 aliphatic rings. The van der Waals surface area contributed by atoms with Crippen LogP contribution in [0.1, 0.15) is 52.9 Å². The Kier molecular flexibility index (Phi) is 7.12. The molecule has 0 saturated heterocycles. The lowest BCUT2D eigenvalue weighted by atomic mass is 9.94. The molecule has 1 aromatic heterocycles. The number of nitrogens with zero attached hydrogens (tertiary/aromatic N) is 1. The predicted molar refractivity (Wildman–Crippen MR) is 134 cm³/mol. The third kappa shape index (κ3) is 5.04. The van der Waals surface area contributed by atoms with Crippen molar-refractivity contribution in [3.63, 3.8) is 0 Å². The Morgan fingerprint density at radius 2 is 1.71 bits per heavy atom. The molecule has 1 unspecified atom stereocenters. The van der Waals surface area contributed by atoms with Gasteiger partial charge in [-0.25, -0.2) is 0 Å². The van der Waals surface area contributed by atoms with Crippen LogP contribution in [0.15, 0.2) is 78.9 Å². The summed E-state index contributed by atoms with van der Waals surface area (Å²) >= 11 is 0.